The minimum Gasteiger partial charge on any atom is -0.467 e. The molecule has 1 aliphatic rings. The van der Waals surface area contributed by atoms with Crippen LogP contribution in [0.25, 0.3) is 0 Å². The van der Waals surface area contributed by atoms with Gasteiger partial charge < -0.3 is 4.42 Å². The topological polar surface area (TPSA) is 71.5 Å². The number of carbonyl (C=O) groups is 1. The molecular weight excluding hydrogens is 250 g/mol. The number of hydrazine groups is 1. The third-order valence-electron chi connectivity index (χ3n) is 3.48. The molecule has 0 bridgehead atoms. The molecule has 1 aliphatic heterocycles. The zero-order valence-corrected chi connectivity index (χ0v) is 11.5. The number of nitrogens with two attached hydrogens (primary N) is 1. The molecule has 18 heavy (non-hydrogen) atoms. The molecule has 2 atom stereocenters. The molecular formula is C12H19N3O2S. The van der Waals surface area contributed by atoms with E-state index < -0.39 is 0 Å². The second-order valence-corrected chi connectivity index (χ2v) is 6.00. The summed E-state index contributed by atoms with van der Waals surface area (Å²) in [6.45, 7) is 6.11. The van der Waals surface area contributed by atoms with Crippen LogP contribution in [0.4, 0.5) is 0 Å². The quantitative estimate of drug-likeness (QED) is 0.490. The molecule has 0 aliphatic carbocycles. The first-order chi connectivity index (χ1) is 8.63. The van der Waals surface area contributed by atoms with Gasteiger partial charge in [-0.05, 0) is 13.0 Å². The van der Waals surface area contributed by atoms with E-state index in [0.29, 0.717) is 29.2 Å². The Labute approximate surface area is 111 Å². The summed E-state index contributed by atoms with van der Waals surface area (Å²) in [5.74, 6) is 6.66. The molecule has 1 aromatic heterocycles. The molecule has 1 saturated heterocycles. The van der Waals surface area contributed by atoms with Gasteiger partial charge in [0.2, 0.25) is 0 Å². The van der Waals surface area contributed by atoms with E-state index >= 15 is 0 Å². The molecule has 1 fully saturated rings. The lowest BCUT2D eigenvalue weighted by molar-refractivity contribution is 0.0948. The maximum atomic E-state index is 11.6. The van der Waals surface area contributed by atoms with Crippen molar-refractivity contribution in [3.63, 3.8) is 0 Å². The van der Waals surface area contributed by atoms with E-state index in [0.717, 1.165) is 12.3 Å². The highest BCUT2D eigenvalue weighted by Gasteiger charge is 2.27. The molecule has 100 valence electrons. The lowest BCUT2D eigenvalue weighted by atomic mass is 10.1. The van der Waals surface area contributed by atoms with Gasteiger partial charge in [0.25, 0.3) is 5.91 Å². The normalized spacial score (nSPS) is 25.1. The Morgan fingerprint density at radius 1 is 1.67 bits per heavy atom. The Morgan fingerprint density at radius 3 is 3.17 bits per heavy atom. The number of rotatable bonds is 3. The average molecular weight is 269 g/mol. The lowest BCUT2D eigenvalue weighted by Gasteiger charge is -2.37. The van der Waals surface area contributed by atoms with Crippen molar-refractivity contribution in [1.82, 2.24) is 10.3 Å². The summed E-state index contributed by atoms with van der Waals surface area (Å²) >= 11 is 1.99. The van der Waals surface area contributed by atoms with Crippen molar-refractivity contribution in [3.8, 4) is 0 Å². The highest BCUT2D eigenvalue weighted by Crippen LogP contribution is 2.26. The molecule has 1 amide bonds. The Balaban J connectivity index is 2.09. The maximum absolute atomic E-state index is 11.6. The first-order valence-electron chi connectivity index (χ1n) is 6.06. The van der Waals surface area contributed by atoms with Crippen LogP contribution in [0.15, 0.2) is 16.7 Å². The van der Waals surface area contributed by atoms with Crippen molar-refractivity contribution in [2.45, 2.75) is 31.7 Å². The largest absolute Gasteiger partial charge is 0.467 e. The number of nitrogen functional groups attached to an aromatic ring is 1. The first-order valence-corrected chi connectivity index (χ1v) is 7.11. The van der Waals surface area contributed by atoms with Crippen molar-refractivity contribution in [2.75, 3.05) is 12.3 Å². The zero-order chi connectivity index (χ0) is 13.1. The van der Waals surface area contributed by atoms with Gasteiger partial charge in [-0.1, -0.05) is 6.92 Å². The second kappa shape index (κ2) is 5.77. The van der Waals surface area contributed by atoms with Gasteiger partial charge in [-0.3, -0.25) is 15.1 Å². The van der Waals surface area contributed by atoms with Crippen molar-refractivity contribution >= 4 is 17.7 Å². The lowest BCUT2D eigenvalue weighted by Crippen LogP contribution is -2.44. The molecule has 6 heteroatoms. The fraction of sp³-hybridized carbons (Fsp3) is 0.583. The Morgan fingerprint density at radius 2 is 2.44 bits per heavy atom. The van der Waals surface area contributed by atoms with E-state index in [-0.39, 0.29) is 5.91 Å². The maximum Gasteiger partial charge on any atom is 0.268 e. The number of amides is 1. The van der Waals surface area contributed by atoms with E-state index in [9.17, 15) is 4.79 Å². The number of hydrogen-bond acceptors (Lipinski definition) is 5. The van der Waals surface area contributed by atoms with Gasteiger partial charge in [0.05, 0.1) is 18.4 Å². The molecule has 2 unspecified atom stereocenters. The molecule has 2 heterocycles. The average Bonchev–Trinajstić information content (AvgIpc) is 2.82. The monoisotopic (exact) mass is 269 g/mol. The van der Waals surface area contributed by atoms with Crippen LogP contribution >= 0.6 is 11.8 Å². The Bertz CT molecular complexity index is 421. The highest BCUT2D eigenvalue weighted by atomic mass is 32.2. The van der Waals surface area contributed by atoms with Crippen molar-refractivity contribution in [2.24, 2.45) is 5.84 Å². The number of furan rings is 1. The predicted molar refractivity (Wildman–Crippen MR) is 72.2 cm³/mol. The summed E-state index contributed by atoms with van der Waals surface area (Å²) in [6.07, 6.45) is 1.53. The number of nitrogens with zero attached hydrogens (tertiary/aromatic N) is 1. The van der Waals surface area contributed by atoms with E-state index in [4.69, 9.17) is 10.3 Å². The number of carbonyl (C=O) groups excluding carboxylic acids is 1. The van der Waals surface area contributed by atoms with Crippen LogP contribution in [0, 0.1) is 0 Å². The van der Waals surface area contributed by atoms with Gasteiger partial charge in [-0.25, -0.2) is 5.84 Å². The van der Waals surface area contributed by atoms with Gasteiger partial charge in [0.1, 0.15) is 5.76 Å². The van der Waals surface area contributed by atoms with Crippen molar-refractivity contribution in [3.05, 3.63) is 23.7 Å². The SMILES string of the molecule is CC1SCCN(Cc2occc2C(=O)NN)C1C. The Hall–Kier alpha value is -0.980. The fourth-order valence-electron chi connectivity index (χ4n) is 2.15. The van der Waals surface area contributed by atoms with Gasteiger partial charge >= 0.3 is 0 Å². The van der Waals surface area contributed by atoms with Gasteiger partial charge in [-0.15, -0.1) is 0 Å². The van der Waals surface area contributed by atoms with Crippen LogP contribution in [0.2, 0.25) is 0 Å². The molecule has 2 rings (SSSR count). The van der Waals surface area contributed by atoms with Gasteiger partial charge in [-0.2, -0.15) is 11.8 Å². The first kappa shape index (κ1) is 13.5. The third-order valence-corrected chi connectivity index (χ3v) is 4.82. The smallest absolute Gasteiger partial charge is 0.268 e. The number of nitrogens with one attached hydrogen (secondary N) is 1. The van der Waals surface area contributed by atoms with Crippen LogP contribution < -0.4 is 11.3 Å². The summed E-state index contributed by atoms with van der Waals surface area (Å²) in [4.78, 5) is 13.9. The summed E-state index contributed by atoms with van der Waals surface area (Å²) in [7, 11) is 0. The van der Waals surface area contributed by atoms with Crippen molar-refractivity contribution < 1.29 is 9.21 Å². The fourth-order valence-corrected chi connectivity index (χ4v) is 3.31. The number of hydrogen-bond donors (Lipinski definition) is 2. The predicted octanol–water partition coefficient (Wildman–Crippen LogP) is 1.21. The van der Waals surface area contributed by atoms with Crippen LogP contribution in [-0.4, -0.2) is 34.4 Å². The molecule has 1 aromatic rings. The van der Waals surface area contributed by atoms with Crippen molar-refractivity contribution in [1.29, 1.82) is 0 Å². The Kier molecular flexibility index (Phi) is 4.31. The molecule has 5 nitrogen and oxygen atoms in total. The minimum absolute atomic E-state index is 0.300. The molecule has 0 radical (unpaired) electrons. The molecule has 0 saturated carbocycles. The summed E-state index contributed by atoms with van der Waals surface area (Å²) in [6, 6.07) is 2.13. The zero-order valence-electron chi connectivity index (χ0n) is 10.7. The van der Waals surface area contributed by atoms with E-state index in [2.05, 4.69) is 24.2 Å². The van der Waals surface area contributed by atoms with Gasteiger partial charge in [0, 0.05) is 23.6 Å². The van der Waals surface area contributed by atoms with E-state index in [1.54, 1.807) is 6.07 Å². The standard InChI is InChI=1S/C12H19N3O2S/c1-8-9(2)18-6-4-15(8)7-11-10(3-5-17-11)12(16)14-13/h3,5,8-9H,4,6-7,13H2,1-2H3,(H,14,16). The van der Waals surface area contributed by atoms with Crippen LogP contribution in [0.3, 0.4) is 0 Å². The van der Waals surface area contributed by atoms with Crippen LogP contribution in [-0.2, 0) is 6.54 Å². The third kappa shape index (κ3) is 2.71. The van der Waals surface area contributed by atoms with Crippen LogP contribution in [0.1, 0.15) is 30.0 Å². The molecule has 3 N–H and O–H groups in total. The summed E-state index contributed by atoms with van der Waals surface area (Å²) < 4.78 is 5.41. The van der Waals surface area contributed by atoms with Crippen LogP contribution in [0.5, 0.6) is 0 Å². The summed E-state index contributed by atoms with van der Waals surface area (Å²) in [5, 5.41) is 0.598. The molecule has 0 spiro atoms. The highest BCUT2D eigenvalue weighted by molar-refractivity contribution is 8.00. The van der Waals surface area contributed by atoms with E-state index in [1.807, 2.05) is 11.8 Å². The van der Waals surface area contributed by atoms with E-state index in [1.165, 1.54) is 6.26 Å². The number of thioether (sulfide) groups is 1. The second-order valence-electron chi connectivity index (χ2n) is 4.52. The molecule has 0 aromatic carbocycles. The summed E-state index contributed by atoms with van der Waals surface area (Å²) in [5.41, 5.74) is 2.67. The van der Waals surface area contributed by atoms with Gasteiger partial charge in [0.15, 0.2) is 0 Å². The minimum atomic E-state index is -0.300.